The number of aromatic nitrogens is 2. The Balaban J connectivity index is 1.74. The van der Waals surface area contributed by atoms with Gasteiger partial charge >= 0.3 is 0 Å². The summed E-state index contributed by atoms with van der Waals surface area (Å²) >= 11 is 0. The minimum absolute atomic E-state index is 0.0501. The average Bonchev–Trinajstić information content (AvgIpc) is 3.24. The van der Waals surface area contributed by atoms with E-state index in [1.54, 1.807) is 18.9 Å². The van der Waals surface area contributed by atoms with Gasteiger partial charge in [-0.3, -0.25) is 9.67 Å². The van der Waals surface area contributed by atoms with Crippen molar-refractivity contribution in [3.05, 3.63) is 71.2 Å². The molecule has 0 amide bonds. The Morgan fingerprint density at radius 2 is 1.94 bits per heavy atom. The molecule has 1 aromatic heterocycles. The van der Waals surface area contributed by atoms with Crippen molar-refractivity contribution >= 4 is 17.5 Å². The minimum atomic E-state index is 0.0501. The van der Waals surface area contributed by atoms with Gasteiger partial charge in [-0.15, -0.1) is 0 Å². The van der Waals surface area contributed by atoms with Gasteiger partial charge in [-0.1, -0.05) is 12.2 Å². The van der Waals surface area contributed by atoms with E-state index in [4.69, 9.17) is 19.5 Å². The van der Waals surface area contributed by atoms with Crippen LogP contribution >= 0.6 is 0 Å². The molecule has 0 fully saturated rings. The van der Waals surface area contributed by atoms with E-state index < -0.39 is 0 Å². The van der Waals surface area contributed by atoms with Gasteiger partial charge in [-0.2, -0.15) is 5.10 Å². The molecule has 0 N–H and O–H groups in total. The van der Waals surface area contributed by atoms with E-state index >= 15 is 0 Å². The zero-order chi connectivity index (χ0) is 22.7. The number of hydrogen-bond acceptors (Lipinski definition) is 6. The first-order valence-corrected chi connectivity index (χ1v) is 10.6. The molecule has 1 aromatic carbocycles. The zero-order valence-electron chi connectivity index (χ0n) is 19.2. The van der Waals surface area contributed by atoms with Crippen LogP contribution in [0.2, 0.25) is 0 Å². The second-order valence-electron chi connectivity index (χ2n) is 8.14. The topological polar surface area (TPSA) is 64.2 Å². The maximum Gasteiger partial charge on any atom is 0.123 e. The molecular formula is C25H29N5O2. The fourth-order valence-electron chi connectivity index (χ4n) is 3.77. The summed E-state index contributed by atoms with van der Waals surface area (Å²) in [6.45, 7) is 0.807. The van der Waals surface area contributed by atoms with Crippen LogP contribution in [0.3, 0.4) is 0 Å². The molecule has 166 valence electrons. The molecule has 4 rings (SSSR count). The molecule has 7 heteroatoms. The highest BCUT2D eigenvalue weighted by Gasteiger charge is 2.23. The van der Waals surface area contributed by atoms with Gasteiger partial charge in [0.1, 0.15) is 11.5 Å². The number of likely N-dealkylation sites (N-methyl/N-ethyl adjacent to an activating group) is 1. The van der Waals surface area contributed by atoms with E-state index in [2.05, 4.69) is 42.3 Å². The molecule has 0 saturated heterocycles. The van der Waals surface area contributed by atoms with Crippen molar-refractivity contribution in [2.45, 2.75) is 12.5 Å². The Labute approximate surface area is 189 Å². The largest absolute Gasteiger partial charge is 0.497 e. The lowest BCUT2D eigenvalue weighted by atomic mass is 9.90. The van der Waals surface area contributed by atoms with E-state index in [1.165, 1.54) is 0 Å². The number of ether oxygens (including phenoxy) is 2. The number of aryl methyl sites for hydroxylation is 1. The predicted octanol–water partition coefficient (Wildman–Crippen LogP) is 3.54. The normalized spacial score (nSPS) is 18.1. The molecular weight excluding hydrogens is 402 g/mol. The molecule has 2 aromatic rings. The number of benzene rings is 1. The smallest absolute Gasteiger partial charge is 0.123 e. The molecule has 32 heavy (non-hydrogen) atoms. The van der Waals surface area contributed by atoms with Crippen molar-refractivity contribution in [1.82, 2.24) is 14.7 Å². The first kappa shape index (κ1) is 21.8. The summed E-state index contributed by atoms with van der Waals surface area (Å²) in [5, 5.41) is 4.26. The van der Waals surface area contributed by atoms with E-state index in [0.29, 0.717) is 0 Å². The van der Waals surface area contributed by atoms with E-state index in [1.807, 2.05) is 43.9 Å². The number of hydrogen-bond donors (Lipinski definition) is 0. The van der Waals surface area contributed by atoms with Crippen molar-refractivity contribution in [1.29, 1.82) is 0 Å². The van der Waals surface area contributed by atoms with Crippen LogP contribution in [0.4, 0.5) is 0 Å². The number of allylic oxidation sites excluding steroid dienone is 3. The average molecular weight is 432 g/mol. The second kappa shape index (κ2) is 9.36. The summed E-state index contributed by atoms with van der Waals surface area (Å²) in [5.41, 5.74) is 6.06. The van der Waals surface area contributed by atoms with Crippen molar-refractivity contribution in [2.24, 2.45) is 17.0 Å². The van der Waals surface area contributed by atoms with Crippen LogP contribution < -0.4 is 9.47 Å². The first-order valence-electron chi connectivity index (χ1n) is 10.6. The maximum atomic E-state index is 5.51. The molecule has 2 heterocycles. The van der Waals surface area contributed by atoms with Gasteiger partial charge in [-0.05, 0) is 55.4 Å². The third kappa shape index (κ3) is 4.73. The highest BCUT2D eigenvalue weighted by atomic mass is 16.5. The number of methoxy groups -OCH3 is 2. The van der Waals surface area contributed by atoms with Crippen molar-refractivity contribution < 1.29 is 9.47 Å². The molecule has 1 aliphatic carbocycles. The van der Waals surface area contributed by atoms with Gasteiger partial charge in [0.2, 0.25) is 0 Å². The van der Waals surface area contributed by atoms with E-state index in [-0.39, 0.29) is 6.04 Å². The van der Waals surface area contributed by atoms with Gasteiger partial charge in [-0.25, -0.2) is 4.99 Å². The van der Waals surface area contributed by atoms with Crippen LogP contribution in [0.5, 0.6) is 11.5 Å². The van der Waals surface area contributed by atoms with Crippen LogP contribution in [0.1, 0.15) is 17.5 Å². The highest BCUT2D eigenvalue weighted by Crippen LogP contribution is 2.35. The molecule has 2 aliphatic rings. The molecule has 7 nitrogen and oxygen atoms in total. The lowest BCUT2D eigenvalue weighted by Crippen LogP contribution is -2.19. The number of rotatable bonds is 7. The van der Waals surface area contributed by atoms with Crippen LogP contribution in [0, 0.1) is 0 Å². The number of fused-ring (bicyclic) bond motifs is 1. The molecule has 0 spiro atoms. The molecule has 1 unspecified atom stereocenters. The van der Waals surface area contributed by atoms with Gasteiger partial charge in [0.25, 0.3) is 0 Å². The van der Waals surface area contributed by atoms with Crippen molar-refractivity contribution in [2.75, 3.05) is 34.9 Å². The fraction of sp³-hybridized carbons (Fsp3) is 0.320. The van der Waals surface area contributed by atoms with Crippen LogP contribution in [0.25, 0.3) is 5.57 Å². The molecule has 0 saturated carbocycles. The van der Waals surface area contributed by atoms with E-state index in [0.717, 1.165) is 58.1 Å². The molecule has 1 aliphatic heterocycles. The Hall–Kier alpha value is -3.45. The SMILES string of the molecule is COc1cc(OC)cc(/C(=C/CN(C)C)C2=CCC3N=CC(c4cnn(C)c4)=NC3=C2)c1. The lowest BCUT2D eigenvalue weighted by Gasteiger charge is -2.23. The summed E-state index contributed by atoms with van der Waals surface area (Å²) in [6, 6.07) is 6.02. The highest BCUT2D eigenvalue weighted by molar-refractivity contribution is 6.38. The maximum absolute atomic E-state index is 5.51. The van der Waals surface area contributed by atoms with Gasteiger partial charge in [0, 0.05) is 37.6 Å². The summed E-state index contributed by atoms with van der Waals surface area (Å²) in [5.74, 6) is 1.52. The Morgan fingerprint density at radius 3 is 2.56 bits per heavy atom. The molecule has 0 radical (unpaired) electrons. The first-order chi connectivity index (χ1) is 15.5. The molecule has 1 atom stereocenters. The zero-order valence-corrected chi connectivity index (χ0v) is 19.2. The Morgan fingerprint density at radius 1 is 1.19 bits per heavy atom. The third-order valence-corrected chi connectivity index (χ3v) is 5.47. The Kier molecular flexibility index (Phi) is 6.37. The molecule has 0 bridgehead atoms. The number of nitrogens with zero attached hydrogens (tertiary/aromatic N) is 5. The third-order valence-electron chi connectivity index (χ3n) is 5.47. The van der Waals surface area contributed by atoms with Crippen LogP contribution in [0.15, 0.2) is 70.1 Å². The summed E-state index contributed by atoms with van der Waals surface area (Å²) in [4.78, 5) is 11.8. The summed E-state index contributed by atoms with van der Waals surface area (Å²) in [7, 11) is 9.36. The predicted molar refractivity (Wildman–Crippen MR) is 129 cm³/mol. The van der Waals surface area contributed by atoms with Gasteiger partial charge in [0.05, 0.1) is 37.9 Å². The van der Waals surface area contributed by atoms with Crippen molar-refractivity contribution in [3.63, 3.8) is 0 Å². The fourth-order valence-corrected chi connectivity index (χ4v) is 3.77. The van der Waals surface area contributed by atoms with Crippen LogP contribution in [-0.4, -0.2) is 67.5 Å². The van der Waals surface area contributed by atoms with E-state index in [9.17, 15) is 0 Å². The standard InChI is InChI=1S/C25H29N5O2/c1-29(2)9-8-22(18-10-20(31-4)13-21(11-18)32-5)17-6-7-23-24(12-17)28-25(15-26-23)19-14-27-30(3)16-19/h6,8,10-16,23H,7,9H2,1-5H3/b22-8+. The van der Waals surface area contributed by atoms with Crippen molar-refractivity contribution in [3.8, 4) is 11.5 Å². The van der Waals surface area contributed by atoms with Gasteiger partial charge < -0.3 is 14.4 Å². The lowest BCUT2D eigenvalue weighted by molar-refractivity contribution is 0.394. The quantitative estimate of drug-likeness (QED) is 0.673. The second-order valence-corrected chi connectivity index (χ2v) is 8.14. The summed E-state index contributed by atoms with van der Waals surface area (Å²) < 4.78 is 12.8. The monoisotopic (exact) mass is 431 g/mol. The Bertz CT molecular complexity index is 1130. The number of aliphatic imine (C=N–C) groups is 2. The summed E-state index contributed by atoms with van der Waals surface area (Å²) in [6.07, 6.45) is 13.1. The van der Waals surface area contributed by atoms with Crippen LogP contribution in [-0.2, 0) is 7.05 Å². The van der Waals surface area contributed by atoms with Gasteiger partial charge in [0.15, 0.2) is 0 Å². The minimum Gasteiger partial charge on any atom is -0.497 e.